The van der Waals surface area contributed by atoms with Crippen LogP contribution in [0.25, 0.3) is 0 Å². The Morgan fingerprint density at radius 1 is 1.44 bits per heavy atom. The highest BCUT2D eigenvalue weighted by atomic mass is 19.2. The number of carbonyl (C=O) groups is 1. The predicted octanol–water partition coefficient (Wildman–Crippen LogP) is 0.845. The summed E-state index contributed by atoms with van der Waals surface area (Å²) >= 11 is 0. The Bertz CT molecular complexity index is 665. The lowest BCUT2D eigenvalue weighted by molar-refractivity contribution is -0.101. The van der Waals surface area contributed by atoms with Crippen molar-refractivity contribution in [3.8, 4) is 0 Å². The van der Waals surface area contributed by atoms with Gasteiger partial charge in [-0.3, -0.25) is 9.69 Å². The fourth-order valence-corrected chi connectivity index (χ4v) is 3.69. The van der Waals surface area contributed by atoms with Crippen molar-refractivity contribution in [1.29, 1.82) is 0 Å². The first kappa shape index (κ1) is 18.0. The number of likely N-dealkylation sites (tertiary alicyclic amines) is 2. The molecule has 1 aromatic carbocycles. The molecule has 1 aromatic rings. The van der Waals surface area contributed by atoms with Gasteiger partial charge >= 0.3 is 0 Å². The summed E-state index contributed by atoms with van der Waals surface area (Å²) < 4.78 is 31.9. The van der Waals surface area contributed by atoms with Crippen LogP contribution < -0.4 is 5.73 Å². The molecule has 1 atom stereocenters. The van der Waals surface area contributed by atoms with E-state index in [4.69, 9.17) is 10.5 Å². The number of aliphatic hydroxyl groups is 1. The quantitative estimate of drug-likeness (QED) is 0.766. The molecule has 6 nitrogen and oxygen atoms in total. The minimum absolute atomic E-state index is 0.0839. The van der Waals surface area contributed by atoms with Gasteiger partial charge in [0.05, 0.1) is 30.9 Å². The number of nitrogen functional groups attached to an aromatic ring is 1. The molecule has 0 unspecified atom stereocenters. The number of anilines is 1. The first-order valence-corrected chi connectivity index (χ1v) is 8.33. The third-order valence-electron chi connectivity index (χ3n) is 4.98. The number of methoxy groups -OCH3 is 1. The lowest BCUT2D eigenvalue weighted by Crippen LogP contribution is -2.68. The summed E-state index contributed by atoms with van der Waals surface area (Å²) in [5.41, 5.74) is 3.92. The van der Waals surface area contributed by atoms with E-state index >= 15 is 0 Å². The lowest BCUT2D eigenvalue weighted by atomic mass is 9.92. The molecule has 2 aliphatic rings. The smallest absolute Gasteiger partial charge is 0.256 e. The van der Waals surface area contributed by atoms with Crippen LogP contribution >= 0.6 is 0 Å². The van der Waals surface area contributed by atoms with Crippen molar-refractivity contribution in [3.05, 3.63) is 29.3 Å². The van der Waals surface area contributed by atoms with Gasteiger partial charge < -0.3 is 20.5 Å². The molecule has 0 aliphatic carbocycles. The Hall–Kier alpha value is -1.77. The summed E-state index contributed by atoms with van der Waals surface area (Å²) in [6, 6.07) is 2.33. The van der Waals surface area contributed by atoms with Gasteiger partial charge in [-0.2, -0.15) is 0 Å². The summed E-state index contributed by atoms with van der Waals surface area (Å²) in [5.74, 6) is -2.82. The van der Waals surface area contributed by atoms with E-state index in [0.29, 0.717) is 13.2 Å². The molecular formula is C17H23F2N3O3. The number of carbonyl (C=O) groups excluding carboxylic acids is 1. The van der Waals surface area contributed by atoms with E-state index in [-0.39, 0.29) is 24.7 Å². The molecule has 138 valence electrons. The van der Waals surface area contributed by atoms with Crippen LogP contribution in [0.4, 0.5) is 14.5 Å². The number of ether oxygens (including phenoxy) is 1. The van der Waals surface area contributed by atoms with Gasteiger partial charge in [0.1, 0.15) is 5.60 Å². The Labute approximate surface area is 145 Å². The Morgan fingerprint density at radius 2 is 2.16 bits per heavy atom. The molecule has 8 heteroatoms. The average molecular weight is 355 g/mol. The molecule has 2 fully saturated rings. The van der Waals surface area contributed by atoms with Crippen molar-refractivity contribution in [3.63, 3.8) is 0 Å². The molecule has 3 N–H and O–H groups in total. The molecule has 0 saturated carbocycles. The van der Waals surface area contributed by atoms with E-state index in [9.17, 15) is 18.7 Å². The van der Waals surface area contributed by atoms with Gasteiger partial charge in [-0.05, 0) is 31.5 Å². The van der Waals surface area contributed by atoms with Crippen LogP contribution in [0.5, 0.6) is 0 Å². The zero-order chi connectivity index (χ0) is 18.2. The number of rotatable bonds is 5. The molecule has 2 aliphatic heterocycles. The zero-order valence-corrected chi connectivity index (χ0v) is 14.2. The minimum atomic E-state index is -1.22. The first-order chi connectivity index (χ1) is 11.8. The SMILES string of the molecule is COC[C@@H]1CCCN1CC1(O)CN(C(=O)c2ccc(F)c(F)c2N)C1. The summed E-state index contributed by atoms with van der Waals surface area (Å²) in [5, 5.41) is 10.6. The number of benzene rings is 1. The van der Waals surface area contributed by atoms with Crippen molar-refractivity contribution in [2.24, 2.45) is 0 Å². The molecule has 0 spiro atoms. The van der Waals surface area contributed by atoms with E-state index in [1.165, 1.54) is 11.0 Å². The fourth-order valence-electron chi connectivity index (χ4n) is 3.69. The third kappa shape index (κ3) is 3.47. The maximum absolute atomic E-state index is 13.5. The van der Waals surface area contributed by atoms with E-state index in [1.807, 2.05) is 0 Å². The monoisotopic (exact) mass is 355 g/mol. The van der Waals surface area contributed by atoms with Gasteiger partial charge in [0.15, 0.2) is 11.6 Å². The van der Waals surface area contributed by atoms with Crippen LogP contribution in [0.2, 0.25) is 0 Å². The maximum atomic E-state index is 13.5. The number of nitrogens with two attached hydrogens (primary N) is 1. The van der Waals surface area contributed by atoms with Gasteiger partial charge in [0.25, 0.3) is 5.91 Å². The van der Waals surface area contributed by atoms with Crippen LogP contribution in [0.3, 0.4) is 0 Å². The summed E-state index contributed by atoms with van der Waals surface area (Å²) in [6.45, 7) is 2.24. The molecular weight excluding hydrogens is 332 g/mol. The molecule has 0 aromatic heterocycles. The number of hydrogen-bond acceptors (Lipinski definition) is 5. The normalized spacial score (nSPS) is 22.9. The molecule has 25 heavy (non-hydrogen) atoms. The predicted molar refractivity (Wildman–Crippen MR) is 88.1 cm³/mol. The first-order valence-electron chi connectivity index (χ1n) is 8.33. The largest absolute Gasteiger partial charge is 0.396 e. The van der Waals surface area contributed by atoms with Gasteiger partial charge in [-0.1, -0.05) is 0 Å². The van der Waals surface area contributed by atoms with E-state index in [0.717, 1.165) is 25.5 Å². The number of β-amino-alcohol motifs (C(OH)–C–C–N with tert-alkyl or cyclic N) is 1. The Morgan fingerprint density at radius 3 is 2.84 bits per heavy atom. The Kier molecular flexibility index (Phi) is 4.95. The molecule has 1 amide bonds. The molecule has 2 saturated heterocycles. The summed E-state index contributed by atoms with van der Waals surface area (Å²) in [4.78, 5) is 16.0. The number of amides is 1. The lowest BCUT2D eigenvalue weighted by Gasteiger charge is -2.48. The van der Waals surface area contributed by atoms with Gasteiger partial charge in [0.2, 0.25) is 0 Å². The van der Waals surface area contributed by atoms with E-state index in [2.05, 4.69) is 4.90 Å². The van der Waals surface area contributed by atoms with Crippen LogP contribution in [-0.4, -0.2) is 72.4 Å². The van der Waals surface area contributed by atoms with E-state index in [1.54, 1.807) is 7.11 Å². The topological polar surface area (TPSA) is 79.0 Å². The third-order valence-corrected chi connectivity index (χ3v) is 4.98. The standard InChI is InChI=1S/C17H23F2N3O3/c1-25-7-11-3-2-6-21(11)8-17(24)9-22(10-17)16(23)12-4-5-13(18)14(19)15(12)20/h4-5,11,24H,2-3,6-10,20H2,1H3/t11-/m0/s1. The summed E-state index contributed by atoms with van der Waals surface area (Å²) in [7, 11) is 1.65. The minimum Gasteiger partial charge on any atom is -0.396 e. The maximum Gasteiger partial charge on any atom is 0.256 e. The number of hydrogen-bond donors (Lipinski definition) is 2. The van der Waals surface area contributed by atoms with Crippen molar-refractivity contribution in [2.75, 3.05) is 45.6 Å². The average Bonchev–Trinajstić information content (AvgIpc) is 2.97. The summed E-state index contributed by atoms with van der Waals surface area (Å²) in [6.07, 6.45) is 2.08. The molecule has 3 rings (SSSR count). The van der Waals surface area contributed by atoms with Crippen LogP contribution in [0.15, 0.2) is 12.1 Å². The molecule has 0 bridgehead atoms. The van der Waals surface area contributed by atoms with Crippen LogP contribution in [0.1, 0.15) is 23.2 Å². The fraction of sp³-hybridized carbons (Fsp3) is 0.588. The highest BCUT2D eigenvalue weighted by Crippen LogP contribution is 2.29. The van der Waals surface area contributed by atoms with Crippen molar-refractivity contribution < 1.29 is 23.4 Å². The van der Waals surface area contributed by atoms with Crippen molar-refractivity contribution in [2.45, 2.75) is 24.5 Å². The van der Waals surface area contributed by atoms with Gasteiger partial charge in [-0.25, -0.2) is 8.78 Å². The highest BCUT2D eigenvalue weighted by molar-refractivity contribution is 5.99. The van der Waals surface area contributed by atoms with Gasteiger partial charge in [0, 0.05) is 19.7 Å². The van der Waals surface area contributed by atoms with Gasteiger partial charge in [-0.15, -0.1) is 0 Å². The Balaban J connectivity index is 1.61. The van der Waals surface area contributed by atoms with Crippen molar-refractivity contribution in [1.82, 2.24) is 9.80 Å². The second kappa shape index (κ2) is 6.86. The second-order valence-electron chi connectivity index (χ2n) is 6.93. The van der Waals surface area contributed by atoms with Crippen molar-refractivity contribution >= 4 is 11.6 Å². The second-order valence-corrected chi connectivity index (χ2v) is 6.93. The zero-order valence-electron chi connectivity index (χ0n) is 14.2. The number of nitrogens with zero attached hydrogens (tertiary/aromatic N) is 2. The number of halogens is 2. The molecule has 0 radical (unpaired) electrons. The highest BCUT2D eigenvalue weighted by Gasteiger charge is 2.46. The van der Waals surface area contributed by atoms with Crippen LogP contribution in [-0.2, 0) is 4.74 Å². The van der Waals surface area contributed by atoms with E-state index < -0.39 is 28.8 Å². The molecule has 2 heterocycles. The van der Waals surface area contributed by atoms with Crippen LogP contribution in [0, 0.1) is 11.6 Å².